The van der Waals surface area contributed by atoms with Crippen LogP contribution in [0.15, 0.2) is 4.40 Å². The third-order valence-electron chi connectivity index (χ3n) is 0.311. The first kappa shape index (κ1) is 140. The summed E-state index contributed by atoms with van der Waals surface area (Å²) in [6.07, 6.45) is 2.80. The van der Waals surface area contributed by atoms with E-state index in [-0.39, 0.29) is 107 Å². The SMILES string of the molecule is C.C.C.C.C.CC.CC.CC.CC(C)(C)N.CC(C)(C)N.CC(C)=N[S@](C)=O.CCC.CCO.II.I[I-]I.[B].[B].[B].[B].[I][V][I].[V]. The average Bonchev–Trinajstić information content (AvgIpc) is 2.73. The third-order valence-corrected chi connectivity index (χ3v) is 0.933. The zero-order valence-corrected chi connectivity index (χ0v) is 48.3. The number of nitrogens with two attached hydrogens (primary N) is 2. The van der Waals surface area contributed by atoms with Gasteiger partial charge in [-0.25, -0.2) is 4.21 Å². The average molecular weight is 1560 g/mol. The zero-order valence-electron chi connectivity index (χ0n) is 29.6. The van der Waals surface area contributed by atoms with Crippen molar-refractivity contribution in [2.45, 2.75) is 172 Å². The van der Waals surface area contributed by atoms with Gasteiger partial charge in [-0.05, 0) is 62.3 Å². The molecule has 13 radical (unpaired) electrons. The van der Waals surface area contributed by atoms with E-state index in [0.717, 1.165) is 5.71 Å². The summed E-state index contributed by atoms with van der Waals surface area (Å²) in [5.74, 6) is 0. The predicted molar refractivity (Wildman–Crippen MR) is 284 cm³/mol. The fourth-order valence-corrected chi connectivity index (χ4v) is 0.771. The van der Waals surface area contributed by atoms with Gasteiger partial charge in [-0.3, -0.25) is 0 Å². The van der Waals surface area contributed by atoms with Gasteiger partial charge in [0.05, 0.1) is 0 Å². The Balaban J connectivity index is -0.00000000836. The molecule has 0 saturated heterocycles. The van der Waals surface area contributed by atoms with Crippen molar-refractivity contribution in [1.29, 1.82) is 0 Å². The van der Waals surface area contributed by atoms with Gasteiger partial charge in [-0.15, -0.1) is 0 Å². The standard InChI is InChI=1S/C4H9NOS.2C4H11N.C3H8.C2H6O.3C2H6.5CH4.4B.I3.I2.2HI.2V/c1-4(2)5-7(3)6;2*1-4(2,3)5;1-3-2;1-2-3;3*1-2;;;;;;;;;;1-3-2;1-2;;;;/h1-3H3;2*5H2,1-3H3;3H2,1-2H3;3H,2H2,1H3;3*1-2H3;5*1H4;;;;;;;2*1H;;/q;;;;;;;;;;;;;;;;;-1;;;;;+2/p-2/t7-;;;;;;;;;;;;;;;;;;;;;;/m0....................../s1. The molecule has 47 heavy (non-hydrogen) atoms. The first-order valence-corrected chi connectivity index (χ1v) is 41.1. The first-order valence-electron chi connectivity index (χ1n) is 11.8. The first-order chi connectivity index (χ1) is 16.8. The number of halogens is 7. The maximum Gasteiger partial charge on any atom is 0 e. The molecule has 0 aliphatic heterocycles. The van der Waals surface area contributed by atoms with Gasteiger partial charge in [0.2, 0.25) is 0 Å². The molecule has 0 bridgehead atoms. The Morgan fingerprint density at radius 3 is 0.787 bits per heavy atom. The van der Waals surface area contributed by atoms with E-state index in [2.05, 4.69) is 133 Å². The molecule has 0 amide bonds. The van der Waals surface area contributed by atoms with E-state index in [0.29, 0.717) is 22.7 Å². The van der Waals surface area contributed by atoms with Gasteiger partial charge in [-0.1, -0.05) is 98.9 Å². The van der Waals surface area contributed by atoms with Gasteiger partial charge in [-0.2, -0.15) is 4.40 Å². The maximum absolute atomic E-state index is 10.2. The Labute approximate surface area is 409 Å². The molecule has 0 unspecified atom stereocenters. The van der Waals surface area contributed by atoms with Crippen LogP contribution in [0, 0.1) is 0 Å². The largest absolute Gasteiger partial charge is 0 e. The predicted octanol–water partition coefficient (Wildman–Crippen LogP) is 10.7. The smallest absolute Gasteiger partial charge is 0 e. The number of hydrogen-bond acceptors (Lipinski definition) is 4. The normalized spacial score (nSPS) is 6.53. The summed E-state index contributed by atoms with van der Waals surface area (Å²) < 4.78 is 13.8. The van der Waals surface area contributed by atoms with Crippen LogP contribution in [0.3, 0.4) is 0 Å². The van der Waals surface area contributed by atoms with E-state index in [9.17, 15) is 4.21 Å². The van der Waals surface area contributed by atoms with Crippen LogP contribution in [0.2, 0.25) is 0 Å². The van der Waals surface area contributed by atoms with Crippen LogP contribution >= 0.6 is 114 Å². The molecule has 5 N–H and O–H groups in total. The molecule has 0 rings (SSSR count). The minimum Gasteiger partial charge on any atom is 0 e. The monoisotopic (exact) mass is 1560 g/mol. The summed E-state index contributed by atoms with van der Waals surface area (Å²) >= 11 is 14.3. The van der Waals surface area contributed by atoms with Crippen molar-refractivity contribution in [1.82, 2.24) is 0 Å². The molecule has 0 aromatic carbocycles. The Morgan fingerprint density at radius 1 is 0.723 bits per heavy atom. The Hall–Kier alpha value is 6.24. The summed E-state index contributed by atoms with van der Waals surface area (Å²) in [7, 11) is -0.380. The molecule has 0 saturated carbocycles. The summed E-state index contributed by atoms with van der Waals surface area (Å²) in [5, 5.41) is 7.57. The molecule has 0 heterocycles. The number of nitrogens with zero attached hydrogens (tertiary/aromatic N) is 1. The molecular formula is C28H83B4I7N3O2SV2-. The second-order valence-electron chi connectivity index (χ2n) is 7.34. The second-order valence-corrected chi connectivity index (χ2v) is 36.4. The van der Waals surface area contributed by atoms with Crippen molar-refractivity contribution >= 4 is 165 Å². The van der Waals surface area contributed by atoms with Crippen LogP contribution in [0.1, 0.15) is 161 Å². The van der Waals surface area contributed by atoms with Crippen LogP contribution in [0.5, 0.6) is 0 Å². The number of rotatable bonds is 1. The van der Waals surface area contributed by atoms with Gasteiger partial charge in [0, 0.05) is 119 Å². The van der Waals surface area contributed by atoms with E-state index in [1.54, 1.807) is 13.2 Å². The Bertz CT molecular complexity index is 319. The van der Waals surface area contributed by atoms with Crippen molar-refractivity contribution in [3.05, 3.63) is 0 Å². The summed E-state index contributed by atoms with van der Waals surface area (Å²) in [6, 6.07) is 0. The van der Waals surface area contributed by atoms with E-state index in [1.807, 2.05) is 96.9 Å². The molecule has 19 heteroatoms. The second kappa shape index (κ2) is 160. The minimum absolute atomic E-state index is 0. The summed E-state index contributed by atoms with van der Waals surface area (Å²) in [6.45, 7) is 33.6. The molecule has 0 aromatic rings. The summed E-state index contributed by atoms with van der Waals surface area (Å²) in [5.41, 5.74) is 11.6. The molecule has 0 aliphatic rings. The zero-order chi connectivity index (χ0) is 33.7. The molecule has 300 valence electrons. The maximum atomic E-state index is 10.2. The van der Waals surface area contributed by atoms with Crippen LogP contribution in [0.25, 0.3) is 0 Å². The quantitative estimate of drug-likeness (QED) is 0.138. The number of aliphatic hydroxyl groups is 1. The molecule has 0 fully saturated rings. The molecule has 0 aliphatic carbocycles. The van der Waals surface area contributed by atoms with E-state index in [1.165, 1.54) is 6.42 Å². The van der Waals surface area contributed by atoms with Crippen LogP contribution in [-0.4, -0.2) is 72.6 Å². The van der Waals surface area contributed by atoms with Gasteiger partial charge in [0.15, 0.2) is 0 Å². The van der Waals surface area contributed by atoms with Crippen molar-refractivity contribution in [3.63, 3.8) is 0 Å². The van der Waals surface area contributed by atoms with E-state index >= 15 is 0 Å². The van der Waals surface area contributed by atoms with Crippen LogP contribution in [0.4, 0.5) is 0 Å². The molecule has 5 nitrogen and oxygen atoms in total. The fourth-order valence-electron chi connectivity index (χ4n) is 0.257. The molecule has 0 aromatic heterocycles. The minimum atomic E-state index is -1.01. The van der Waals surface area contributed by atoms with Crippen molar-refractivity contribution in [3.8, 4) is 0 Å². The summed E-state index contributed by atoms with van der Waals surface area (Å²) in [4.78, 5) is 0. The van der Waals surface area contributed by atoms with Gasteiger partial charge >= 0.3 is 99.9 Å². The fraction of sp³-hybridized carbons (Fsp3) is 0.964. The number of aliphatic hydroxyl groups excluding tert-OH is 1. The van der Waals surface area contributed by atoms with Crippen LogP contribution in [-0.2, 0) is 39.0 Å². The van der Waals surface area contributed by atoms with Crippen molar-refractivity contribution < 1.29 is 50.6 Å². The Kier molecular flexibility index (Phi) is 477. The van der Waals surface area contributed by atoms with E-state index in [4.69, 9.17) is 16.6 Å². The van der Waals surface area contributed by atoms with Crippen LogP contribution < -0.4 is 24.7 Å². The van der Waals surface area contributed by atoms with Crippen molar-refractivity contribution in [2.75, 3.05) is 12.9 Å². The molecule has 0 spiro atoms. The third kappa shape index (κ3) is 1260. The molecule has 1 atom stereocenters. The van der Waals surface area contributed by atoms with Gasteiger partial charge in [0.25, 0.3) is 0 Å². The van der Waals surface area contributed by atoms with Gasteiger partial charge in [0.1, 0.15) is 11.0 Å². The van der Waals surface area contributed by atoms with Crippen molar-refractivity contribution in [2.24, 2.45) is 15.9 Å². The number of hydrogen-bond donors (Lipinski definition) is 3. The van der Waals surface area contributed by atoms with Gasteiger partial charge < -0.3 is 16.6 Å². The van der Waals surface area contributed by atoms with E-state index < -0.39 is 11.0 Å². The molecular weight excluding hydrogens is 1480 g/mol. The topological polar surface area (TPSA) is 102 Å². The Morgan fingerprint density at radius 2 is 0.787 bits per heavy atom.